The molecule has 2 fully saturated rings. The maximum atomic E-state index is 12.7. The average molecular weight is 411 g/mol. The number of amides is 2. The summed E-state index contributed by atoms with van der Waals surface area (Å²) < 4.78 is 23.4. The molecule has 138 valence electrons. The Bertz CT molecular complexity index is 881. The zero-order valence-electron chi connectivity index (χ0n) is 14.0. The number of thioether (sulfide) groups is 1. The van der Waals surface area contributed by atoms with Crippen molar-refractivity contribution in [2.24, 2.45) is 0 Å². The Hall–Kier alpha value is -1.71. The standard InChI is InChI=1S/C17H18N2O4S3/c1-11(15(20)18-13-7-8-26(22,23)10-13)19-16(21)14(25-17(19)24)9-12-5-3-2-4-6-12/h2-6,9,11,13H,7-8,10H2,1H3,(H,18,20)/b14-9-/t11-,13+/m1/s1. The average Bonchev–Trinajstić information content (AvgIpc) is 3.06. The molecule has 26 heavy (non-hydrogen) atoms. The van der Waals surface area contributed by atoms with Gasteiger partial charge in [0.1, 0.15) is 10.4 Å². The molecule has 0 aliphatic carbocycles. The lowest BCUT2D eigenvalue weighted by Crippen LogP contribution is -2.50. The van der Waals surface area contributed by atoms with Gasteiger partial charge in [-0.3, -0.25) is 14.5 Å². The predicted octanol–water partition coefficient (Wildman–Crippen LogP) is 1.58. The van der Waals surface area contributed by atoms with Gasteiger partial charge in [0, 0.05) is 6.04 Å². The van der Waals surface area contributed by atoms with Crippen molar-refractivity contribution in [2.45, 2.75) is 25.4 Å². The summed E-state index contributed by atoms with van der Waals surface area (Å²) in [6, 6.07) is 8.18. The van der Waals surface area contributed by atoms with E-state index in [0.29, 0.717) is 15.6 Å². The molecule has 2 aliphatic rings. The molecule has 9 heteroatoms. The monoisotopic (exact) mass is 410 g/mol. The molecule has 2 heterocycles. The van der Waals surface area contributed by atoms with Crippen molar-refractivity contribution < 1.29 is 18.0 Å². The zero-order valence-corrected chi connectivity index (χ0v) is 16.5. The van der Waals surface area contributed by atoms with Crippen molar-refractivity contribution in [1.29, 1.82) is 0 Å². The molecule has 2 atom stereocenters. The third-order valence-electron chi connectivity index (χ3n) is 4.27. The van der Waals surface area contributed by atoms with Crippen LogP contribution in [0.5, 0.6) is 0 Å². The summed E-state index contributed by atoms with van der Waals surface area (Å²) in [4.78, 5) is 26.9. The van der Waals surface area contributed by atoms with Crippen LogP contribution in [0.4, 0.5) is 0 Å². The van der Waals surface area contributed by atoms with Crippen molar-refractivity contribution in [3.8, 4) is 0 Å². The van der Waals surface area contributed by atoms with E-state index in [9.17, 15) is 18.0 Å². The molecule has 1 aromatic carbocycles. The van der Waals surface area contributed by atoms with E-state index in [0.717, 1.165) is 17.3 Å². The van der Waals surface area contributed by atoms with Crippen LogP contribution in [-0.4, -0.2) is 53.0 Å². The maximum Gasteiger partial charge on any atom is 0.266 e. The van der Waals surface area contributed by atoms with E-state index in [1.54, 1.807) is 13.0 Å². The van der Waals surface area contributed by atoms with Crippen molar-refractivity contribution in [2.75, 3.05) is 11.5 Å². The molecule has 6 nitrogen and oxygen atoms in total. The molecule has 0 bridgehead atoms. The van der Waals surface area contributed by atoms with Crippen molar-refractivity contribution in [3.63, 3.8) is 0 Å². The fourth-order valence-electron chi connectivity index (χ4n) is 2.86. The van der Waals surface area contributed by atoms with Crippen molar-refractivity contribution in [1.82, 2.24) is 10.2 Å². The molecule has 0 unspecified atom stereocenters. The largest absolute Gasteiger partial charge is 0.351 e. The second-order valence-corrected chi connectivity index (χ2v) is 10.2. The third kappa shape index (κ3) is 4.16. The summed E-state index contributed by atoms with van der Waals surface area (Å²) in [6.45, 7) is 1.59. The Balaban J connectivity index is 1.70. The Morgan fingerprint density at radius 2 is 2.08 bits per heavy atom. The third-order valence-corrected chi connectivity index (χ3v) is 7.36. The number of sulfone groups is 1. The summed E-state index contributed by atoms with van der Waals surface area (Å²) in [5, 5.41) is 2.72. The molecule has 0 spiro atoms. The molecule has 2 aliphatic heterocycles. The summed E-state index contributed by atoms with van der Waals surface area (Å²) in [5.74, 6) is -0.694. The molecule has 1 N–H and O–H groups in total. The second-order valence-electron chi connectivity index (χ2n) is 6.25. The number of nitrogens with one attached hydrogen (secondary N) is 1. The Morgan fingerprint density at radius 1 is 1.38 bits per heavy atom. The Labute approximate surface area is 161 Å². The number of hydrogen-bond donors (Lipinski definition) is 1. The fraction of sp³-hybridized carbons (Fsp3) is 0.353. The van der Waals surface area contributed by atoms with Gasteiger partial charge in [-0.05, 0) is 25.0 Å². The first-order valence-corrected chi connectivity index (χ1v) is 11.1. The van der Waals surface area contributed by atoms with Crippen LogP contribution in [0.3, 0.4) is 0 Å². The molecule has 3 rings (SSSR count). The summed E-state index contributed by atoms with van der Waals surface area (Å²) in [6.07, 6.45) is 2.14. The van der Waals surface area contributed by atoms with Gasteiger partial charge < -0.3 is 5.32 Å². The van der Waals surface area contributed by atoms with Gasteiger partial charge in [-0.1, -0.05) is 54.3 Å². The van der Waals surface area contributed by atoms with Crippen LogP contribution < -0.4 is 5.32 Å². The minimum absolute atomic E-state index is 0.0578. The lowest BCUT2D eigenvalue weighted by atomic mass is 10.2. The minimum atomic E-state index is -3.09. The van der Waals surface area contributed by atoms with E-state index in [-0.39, 0.29) is 17.4 Å². The first kappa shape index (κ1) is 19.1. The van der Waals surface area contributed by atoms with Crippen LogP contribution in [0.1, 0.15) is 18.9 Å². The van der Waals surface area contributed by atoms with E-state index >= 15 is 0 Å². The van der Waals surface area contributed by atoms with Gasteiger partial charge in [-0.15, -0.1) is 0 Å². The minimum Gasteiger partial charge on any atom is -0.351 e. The van der Waals surface area contributed by atoms with Gasteiger partial charge in [-0.2, -0.15) is 0 Å². The number of carbonyl (C=O) groups is 2. The highest BCUT2D eigenvalue weighted by Gasteiger charge is 2.39. The normalized spacial score (nSPS) is 24.9. The SMILES string of the molecule is C[C@H](C(=O)N[C@H]1CCS(=O)(=O)C1)N1C(=O)/C(=C/c2ccccc2)SC1=S. The highest BCUT2D eigenvalue weighted by Crippen LogP contribution is 2.34. The molecule has 0 saturated carbocycles. The van der Waals surface area contributed by atoms with Crippen LogP contribution in [0, 0.1) is 0 Å². The van der Waals surface area contributed by atoms with Crippen LogP contribution in [-0.2, 0) is 19.4 Å². The van der Waals surface area contributed by atoms with Crippen molar-refractivity contribution >= 4 is 56.0 Å². The van der Waals surface area contributed by atoms with E-state index in [2.05, 4.69) is 5.32 Å². The van der Waals surface area contributed by atoms with Gasteiger partial charge in [0.15, 0.2) is 9.84 Å². The highest BCUT2D eigenvalue weighted by atomic mass is 32.2. The maximum absolute atomic E-state index is 12.7. The number of thiocarbonyl (C=S) groups is 1. The highest BCUT2D eigenvalue weighted by molar-refractivity contribution is 8.26. The molecule has 2 saturated heterocycles. The molecule has 0 radical (unpaired) electrons. The second kappa shape index (κ2) is 7.50. The topological polar surface area (TPSA) is 83.6 Å². The predicted molar refractivity (Wildman–Crippen MR) is 106 cm³/mol. The van der Waals surface area contributed by atoms with Gasteiger partial charge in [0.2, 0.25) is 5.91 Å². The van der Waals surface area contributed by atoms with Gasteiger partial charge in [-0.25, -0.2) is 8.42 Å². The quantitative estimate of drug-likeness (QED) is 0.599. The Morgan fingerprint density at radius 3 is 2.69 bits per heavy atom. The first-order chi connectivity index (χ1) is 12.3. The van der Waals surface area contributed by atoms with Gasteiger partial charge in [0.05, 0.1) is 16.4 Å². The number of carbonyl (C=O) groups excluding carboxylic acids is 2. The van der Waals surface area contributed by atoms with Gasteiger partial charge in [0.25, 0.3) is 5.91 Å². The van der Waals surface area contributed by atoms with E-state index < -0.39 is 27.8 Å². The molecular formula is C17H18N2O4S3. The summed E-state index contributed by atoms with van der Waals surface area (Å²) in [7, 11) is -3.09. The first-order valence-electron chi connectivity index (χ1n) is 8.10. The van der Waals surface area contributed by atoms with Crippen LogP contribution >= 0.6 is 24.0 Å². The molecule has 2 amide bonds. The molecular weight excluding hydrogens is 392 g/mol. The van der Waals surface area contributed by atoms with E-state index in [1.165, 1.54) is 4.90 Å². The van der Waals surface area contributed by atoms with Gasteiger partial charge >= 0.3 is 0 Å². The number of nitrogens with zero attached hydrogens (tertiary/aromatic N) is 1. The zero-order chi connectivity index (χ0) is 18.9. The lowest BCUT2D eigenvalue weighted by Gasteiger charge is -2.23. The van der Waals surface area contributed by atoms with Crippen LogP contribution in [0.25, 0.3) is 6.08 Å². The number of rotatable bonds is 4. The molecule has 0 aromatic heterocycles. The number of hydrogen-bond acceptors (Lipinski definition) is 6. The van der Waals surface area contributed by atoms with E-state index in [4.69, 9.17) is 12.2 Å². The Kier molecular flexibility index (Phi) is 5.50. The lowest BCUT2D eigenvalue weighted by molar-refractivity contribution is -0.132. The van der Waals surface area contributed by atoms with Crippen LogP contribution in [0.2, 0.25) is 0 Å². The summed E-state index contributed by atoms with van der Waals surface area (Å²) in [5.41, 5.74) is 0.876. The van der Waals surface area contributed by atoms with Crippen LogP contribution in [0.15, 0.2) is 35.2 Å². The molecule has 1 aromatic rings. The van der Waals surface area contributed by atoms with E-state index in [1.807, 2.05) is 30.3 Å². The number of benzene rings is 1. The summed E-state index contributed by atoms with van der Waals surface area (Å²) >= 11 is 6.43. The van der Waals surface area contributed by atoms with Crippen molar-refractivity contribution in [3.05, 3.63) is 40.8 Å². The fourth-order valence-corrected chi connectivity index (χ4v) is 5.95. The smallest absolute Gasteiger partial charge is 0.266 e.